The molecule has 0 radical (unpaired) electrons. The highest BCUT2D eigenvalue weighted by molar-refractivity contribution is 6.32. The fourth-order valence-electron chi connectivity index (χ4n) is 3.98. The lowest BCUT2D eigenvalue weighted by Gasteiger charge is -2.15. The highest BCUT2D eigenvalue weighted by Gasteiger charge is 2.40. The van der Waals surface area contributed by atoms with Crippen molar-refractivity contribution in [1.82, 2.24) is 25.0 Å². The molecule has 2 atom stereocenters. The summed E-state index contributed by atoms with van der Waals surface area (Å²) in [6, 6.07) is 7.58. The molecule has 1 N–H and O–H groups in total. The van der Waals surface area contributed by atoms with Gasteiger partial charge in [0.1, 0.15) is 5.82 Å². The molecule has 1 aliphatic carbocycles. The summed E-state index contributed by atoms with van der Waals surface area (Å²) in [5.74, 6) is 2.62. The van der Waals surface area contributed by atoms with Gasteiger partial charge in [-0.3, -0.25) is 4.79 Å². The lowest BCUT2D eigenvalue weighted by Crippen LogP contribution is -2.32. The van der Waals surface area contributed by atoms with Crippen molar-refractivity contribution in [2.24, 2.45) is 11.8 Å². The van der Waals surface area contributed by atoms with E-state index in [0.29, 0.717) is 28.6 Å². The molecule has 1 aromatic heterocycles. The second-order valence-corrected chi connectivity index (χ2v) is 7.73. The maximum absolute atomic E-state index is 12.9. The summed E-state index contributed by atoms with van der Waals surface area (Å²) in [5, 5.41) is 8.58. The number of fused-ring (bicyclic) bond motifs is 1. The highest BCUT2D eigenvalue weighted by atomic mass is 35.5. The molecule has 3 heterocycles. The summed E-state index contributed by atoms with van der Waals surface area (Å²) in [7, 11) is 0. The molecule has 1 saturated carbocycles. The third-order valence-electron chi connectivity index (χ3n) is 5.52. The number of likely N-dealkylation sites (tertiary alicyclic amines) is 1. The van der Waals surface area contributed by atoms with Crippen molar-refractivity contribution in [1.29, 1.82) is 0 Å². The van der Waals surface area contributed by atoms with Gasteiger partial charge in [-0.05, 0) is 36.8 Å². The molecule has 0 spiro atoms. The molecule has 25 heavy (non-hydrogen) atoms. The number of hydrogen-bond acceptors (Lipinski definition) is 4. The molecular weight excluding hydrogens is 338 g/mol. The van der Waals surface area contributed by atoms with E-state index >= 15 is 0 Å². The van der Waals surface area contributed by atoms with Gasteiger partial charge < -0.3 is 10.2 Å². The number of para-hydroxylation sites is 1. The number of halogens is 1. The first-order valence-electron chi connectivity index (χ1n) is 8.92. The van der Waals surface area contributed by atoms with Crippen LogP contribution < -0.4 is 5.32 Å². The Hall–Kier alpha value is -1.92. The number of rotatable bonds is 3. The van der Waals surface area contributed by atoms with Crippen LogP contribution >= 0.6 is 11.6 Å². The second-order valence-electron chi connectivity index (χ2n) is 7.32. The first-order chi connectivity index (χ1) is 12.2. The molecule has 2 aliphatic heterocycles. The van der Waals surface area contributed by atoms with E-state index in [1.54, 1.807) is 4.68 Å². The van der Waals surface area contributed by atoms with E-state index in [1.165, 1.54) is 0 Å². The summed E-state index contributed by atoms with van der Waals surface area (Å²) in [4.78, 5) is 19.5. The highest BCUT2D eigenvalue weighted by Crippen LogP contribution is 2.40. The Morgan fingerprint density at radius 3 is 2.56 bits per heavy atom. The largest absolute Gasteiger partial charge is 0.335 e. The molecule has 1 amide bonds. The normalized spacial score (nSPS) is 25.4. The van der Waals surface area contributed by atoms with Gasteiger partial charge in [0.2, 0.25) is 5.82 Å². The van der Waals surface area contributed by atoms with Crippen LogP contribution in [0.3, 0.4) is 0 Å². The Morgan fingerprint density at radius 1 is 1.16 bits per heavy atom. The number of carbonyl (C=O) groups excluding carboxylic acids is 1. The van der Waals surface area contributed by atoms with Crippen molar-refractivity contribution in [2.75, 3.05) is 26.2 Å². The second kappa shape index (κ2) is 5.81. The molecule has 0 unspecified atom stereocenters. The molecule has 0 bridgehead atoms. The Kier molecular flexibility index (Phi) is 3.57. The minimum Gasteiger partial charge on any atom is -0.335 e. The van der Waals surface area contributed by atoms with Crippen molar-refractivity contribution in [3.05, 3.63) is 40.9 Å². The molecule has 7 heteroatoms. The van der Waals surface area contributed by atoms with Crippen LogP contribution in [0.2, 0.25) is 5.02 Å². The standard InChI is InChI=1S/C18H20ClN5O/c19-14-3-1-2-4-15(14)24-17(11-5-6-11)21-16(22-24)18(25)23-9-12-7-20-8-13(12)10-23/h1-4,11-13,20H,5-10H2/t12-,13+. The van der Waals surface area contributed by atoms with Gasteiger partial charge in [-0.15, -0.1) is 5.10 Å². The van der Waals surface area contributed by atoms with E-state index in [4.69, 9.17) is 11.6 Å². The number of hydrogen-bond donors (Lipinski definition) is 1. The van der Waals surface area contributed by atoms with E-state index in [9.17, 15) is 4.79 Å². The average Bonchev–Trinajstić information content (AvgIpc) is 3.04. The van der Waals surface area contributed by atoms with Gasteiger partial charge in [0.15, 0.2) is 0 Å². The summed E-state index contributed by atoms with van der Waals surface area (Å²) < 4.78 is 1.77. The molecule has 6 nitrogen and oxygen atoms in total. The zero-order valence-corrected chi connectivity index (χ0v) is 14.6. The molecule has 3 fully saturated rings. The SMILES string of the molecule is O=C(c1nc(C2CC2)n(-c2ccccc2Cl)n1)N1C[C@H]2CNC[C@H]2C1. The monoisotopic (exact) mass is 357 g/mol. The molecule has 2 saturated heterocycles. The van der Waals surface area contributed by atoms with Gasteiger partial charge in [0.05, 0.1) is 10.7 Å². The van der Waals surface area contributed by atoms with Crippen molar-refractivity contribution < 1.29 is 4.79 Å². The van der Waals surface area contributed by atoms with Crippen LogP contribution in [-0.2, 0) is 0 Å². The van der Waals surface area contributed by atoms with Gasteiger partial charge in [-0.25, -0.2) is 9.67 Å². The van der Waals surface area contributed by atoms with Crippen molar-refractivity contribution >= 4 is 17.5 Å². The van der Waals surface area contributed by atoms with Gasteiger partial charge in [0, 0.05) is 32.1 Å². The van der Waals surface area contributed by atoms with E-state index in [2.05, 4.69) is 15.4 Å². The number of aromatic nitrogens is 3. The predicted octanol–water partition coefficient (Wildman–Crippen LogP) is 2.09. The molecule has 5 rings (SSSR count). The number of nitrogens with zero attached hydrogens (tertiary/aromatic N) is 4. The smallest absolute Gasteiger partial charge is 0.293 e. The van der Waals surface area contributed by atoms with Crippen LogP contribution in [0.25, 0.3) is 5.69 Å². The maximum Gasteiger partial charge on any atom is 0.293 e. The number of nitrogens with one attached hydrogen (secondary N) is 1. The third-order valence-corrected chi connectivity index (χ3v) is 5.84. The van der Waals surface area contributed by atoms with Crippen LogP contribution in [-0.4, -0.2) is 51.8 Å². The zero-order valence-electron chi connectivity index (χ0n) is 13.9. The molecule has 130 valence electrons. The maximum atomic E-state index is 12.9. The summed E-state index contributed by atoms with van der Waals surface area (Å²) in [6.45, 7) is 3.61. The molecule has 2 aromatic rings. The summed E-state index contributed by atoms with van der Waals surface area (Å²) in [5.41, 5.74) is 0.792. The number of benzene rings is 1. The minimum absolute atomic E-state index is 0.0536. The van der Waals surface area contributed by atoms with E-state index in [1.807, 2.05) is 29.2 Å². The lowest BCUT2D eigenvalue weighted by molar-refractivity contribution is 0.0769. The van der Waals surface area contributed by atoms with Crippen molar-refractivity contribution in [2.45, 2.75) is 18.8 Å². The average molecular weight is 358 g/mol. The summed E-state index contributed by atoms with van der Waals surface area (Å²) >= 11 is 6.35. The summed E-state index contributed by atoms with van der Waals surface area (Å²) in [6.07, 6.45) is 2.19. The van der Waals surface area contributed by atoms with Gasteiger partial charge in [-0.1, -0.05) is 23.7 Å². The fraction of sp³-hybridized carbons (Fsp3) is 0.500. The van der Waals surface area contributed by atoms with Gasteiger partial charge in [0.25, 0.3) is 5.91 Å². The first kappa shape index (κ1) is 15.3. The lowest BCUT2D eigenvalue weighted by atomic mass is 10.0. The Labute approximate surface area is 151 Å². The van der Waals surface area contributed by atoms with Crippen LogP contribution in [0.4, 0.5) is 0 Å². The molecule has 1 aromatic carbocycles. The number of carbonyl (C=O) groups is 1. The van der Waals surface area contributed by atoms with Crippen LogP contribution in [0.15, 0.2) is 24.3 Å². The molecular formula is C18H20ClN5O. The van der Waals surface area contributed by atoms with Gasteiger partial charge >= 0.3 is 0 Å². The predicted molar refractivity (Wildman–Crippen MR) is 94.1 cm³/mol. The topological polar surface area (TPSA) is 63.1 Å². The van der Waals surface area contributed by atoms with Crippen LogP contribution in [0.5, 0.6) is 0 Å². The van der Waals surface area contributed by atoms with Gasteiger partial charge in [-0.2, -0.15) is 0 Å². The van der Waals surface area contributed by atoms with Crippen LogP contribution in [0, 0.1) is 11.8 Å². The van der Waals surface area contributed by atoms with E-state index in [-0.39, 0.29) is 5.91 Å². The molecule has 3 aliphatic rings. The van der Waals surface area contributed by atoms with E-state index < -0.39 is 0 Å². The third kappa shape index (κ3) is 2.64. The van der Waals surface area contributed by atoms with Crippen molar-refractivity contribution in [3.8, 4) is 5.69 Å². The fourth-order valence-corrected chi connectivity index (χ4v) is 4.20. The van der Waals surface area contributed by atoms with Crippen LogP contribution in [0.1, 0.15) is 35.2 Å². The Bertz CT molecular complexity index is 819. The Morgan fingerprint density at radius 2 is 1.88 bits per heavy atom. The van der Waals surface area contributed by atoms with Crippen molar-refractivity contribution in [3.63, 3.8) is 0 Å². The minimum atomic E-state index is -0.0536. The number of amides is 1. The Balaban J connectivity index is 1.47. The zero-order chi connectivity index (χ0) is 17.0. The quantitative estimate of drug-likeness (QED) is 0.913. The first-order valence-corrected chi connectivity index (χ1v) is 9.30. The van der Waals surface area contributed by atoms with E-state index in [0.717, 1.165) is 50.5 Å².